The maximum absolute atomic E-state index is 6.01. The van der Waals surface area contributed by atoms with Crippen LogP contribution in [0.25, 0.3) is 0 Å². The van der Waals surface area contributed by atoms with E-state index in [1.165, 1.54) is 38.5 Å². The van der Waals surface area contributed by atoms with Gasteiger partial charge in [-0.15, -0.1) is 12.4 Å². The van der Waals surface area contributed by atoms with Crippen LogP contribution >= 0.6 is 12.4 Å². The normalized spacial score (nSPS) is 32.2. The van der Waals surface area contributed by atoms with Crippen molar-refractivity contribution in [3.63, 3.8) is 0 Å². The number of benzene rings is 1. The molecule has 1 aromatic rings. The molecule has 0 atom stereocenters. The summed E-state index contributed by atoms with van der Waals surface area (Å²) >= 11 is 0. The Kier molecular flexibility index (Phi) is 3.27. The van der Waals surface area contributed by atoms with Gasteiger partial charge in [0.25, 0.3) is 0 Å². The maximum Gasteiger partial charge on any atom is 0.00394 e. The summed E-state index contributed by atoms with van der Waals surface area (Å²) in [5.74, 6) is 0. The smallest absolute Gasteiger partial charge is 0.00394 e. The van der Waals surface area contributed by atoms with Crippen molar-refractivity contribution in [1.29, 1.82) is 0 Å². The molecule has 0 bridgehead atoms. The topological polar surface area (TPSA) is 26.0 Å². The molecule has 2 heteroatoms. The Morgan fingerprint density at radius 3 is 2.50 bits per heavy atom. The van der Waals surface area contributed by atoms with Gasteiger partial charge in [0, 0.05) is 6.04 Å². The van der Waals surface area contributed by atoms with Gasteiger partial charge in [0.2, 0.25) is 0 Å². The molecule has 1 nitrogen and oxygen atoms in total. The largest absolute Gasteiger partial charge is 0.328 e. The molecule has 1 saturated carbocycles. The lowest BCUT2D eigenvalue weighted by molar-refractivity contribution is 0.269. The monoisotopic (exact) mass is 237 g/mol. The molecule has 0 aliphatic heterocycles. The molecule has 3 rings (SSSR count). The van der Waals surface area contributed by atoms with Gasteiger partial charge >= 0.3 is 0 Å². The van der Waals surface area contributed by atoms with E-state index in [4.69, 9.17) is 5.73 Å². The van der Waals surface area contributed by atoms with Gasteiger partial charge in [-0.25, -0.2) is 0 Å². The lowest BCUT2D eigenvalue weighted by Crippen LogP contribution is -2.35. The van der Waals surface area contributed by atoms with Crippen molar-refractivity contribution in [2.45, 2.75) is 50.0 Å². The van der Waals surface area contributed by atoms with Gasteiger partial charge in [0.05, 0.1) is 0 Å². The van der Waals surface area contributed by atoms with Gasteiger partial charge in [0.15, 0.2) is 0 Å². The first kappa shape index (κ1) is 11.9. The van der Waals surface area contributed by atoms with E-state index >= 15 is 0 Å². The number of fused-ring (bicyclic) bond motifs is 2. The molecule has 16 heavy (non-hydrogen) atoms. The summed E-state index contributed by atoms with van der Waals surface area (Å²) < 4.78 is 0. The maximum atomic E-state index is 6.01. The Hall–Kier alpha value is -0.530. The quantitative estimate of drug-likeness (QED) is 0.737. The zero-order chi connectivity index (χ0) is 10.3. The molecule has 2 aliphatic carbocycles. The third kappa shape index (κ3) is 1.76. The minimum atomic E-state index is 0. The highest BCUT2D eigenvalue weighted by molar-refractivity contribution is 5.85. The third-order valence-electron chi connectivity index (χ3n) is 4.45. The summed E-state index contributed by atoms with van der Waals surface area (Å²) in [6.07, 6.45) is 7.70. The minimum absolute atomic E-state index is 0. The van der Waals surface area contributed by atoms with Crippen LogP contribution < -0.4 is 5.73 Å². The Bertz CT molecular complexity index is 367. The second-order valence-electron chi connectivity index (χ2n) is 5.27. The third-order valence-corrected chi connectivity index (χ3v) is 4.45. The van der Waals surface area contributed by atoms with Crippen LogP contribution in [0.1, 0.15) is 43.2 Å². The van der Waals surface area contributed by atoms with Crippen LogP contribution in [0.15, 0.2) is 24.3 Å². The first-order valence-electron chi connectivity index (χ1n) is 6.14. The van der Waals surface area contributed by atoms with Crippen LogP contribution in [0.2, 0.25) is 0 Å². The number of halogens is 1. The number of nitrogens with two attached hydrogens (primary N) is 1. The predicted molar refractivity (Wildman–Crippen MR) is 70.1 cm³/mol. The molecule has 2 aliphatic rings. The van der Waals surface area contributed by atoms with Crippen LogP contribution in [0.5, 0.6) is 0 Å². The van der Waals surface area contributed by atoms with Crippen molar-refractivity contribution in [2.75, 3.05) is 0 Å². The van der Waals surface area contributed by atoms with Gasteiger partial charge in [-0.1, -0.05) is 24.3 Å². The van der Waals surface area contributed by atoms with E-state index in [2.05, 4.69) is 24.3 Å². The summed E-state index contributed by atoms with van der Waals surface area (Å²) in [5.41, 5.74) is 9.74. The Morgan fingerprint density at radius 2 is 1.75 bits per heavy atom. The fraction of sp³-hybridized carbons (Fsp3) is 0.571. The molecule has 0 saturated heterocycles. The Balaban J connectivity index is 0.000000963. The molecule has 1 spiro atoms. The molecule has 0 radical (unpaired) electrons. The number of hydrogen-bond acceptors (Lipinski definition) is 1. The fourth-order valence-corrected chi connectivity index (χ4v) is 3.48. The number of aryl methyl sites for hydroxylation is 1. The summed E-state index contributed by atoms with van der Waals surface area (Å²) in [4.78, 5) is 0. The molecule has 0 aromatic heterocycles. The molecule has 0 amide bonds. The van der Waals surface area contributed by atoms with E-state index in [0.717, 1.165) is 0 Å². The molecule has 1 fully saturated rings. The second kappa shape index (κ2) is 4.38. The van der Waals surface area contributed by atoms with Crippen molar-refractivity contribution < 1.29 is 0 Å². The van der Waals surface area contributed by atoms with Crippen molar-refractivity contribution in [3.05, 3.63) is 35.4 Å². The van der Waals surface area contributed by atoms with Crippen LogP contribution in [0, 0.1) is 0 Å². The molecular formula is C14H20ClN. The highest BCUT2D eigenvalue weighted by Gasteiger charge is 2.40. The van der Waals surface area contributed by atoms with Crippen molar-refractivity contribution >= 4 is 12.4 Å². The predicted octanol–water partition coefficient (Wildman–Crippen LogP) is 3.19. The highest BCUT2D eigenvalue weighted by atomic mass is 35.5. The van der Waals surface area contributed by atoms with E-state index < -0.39 is 0 Å². The number of hydrogen-bond donors (Lipinski definition) is 1. The first-order valence-corrected chi connectivity index (χ1v) is 6.14. The van der Waals surface area contributed by atoms with Crippen LogP contribution in [0.3, 0.4) is 0 Å². The summed E-state index contributed by atoms with van der Waals surface area (Å²) in [5, 5.41) is 0. The van der Waals surface area contributed by atoms with Crippen LogP contribution in [-0.4, -0.2) is 6.04 Å². The van der Waals surface area contributed by atoms with Gasteiger partial charge in [-0.3, -0.25) is 0 Å². The van der Waals surface area contributed by atoms with Crippen molar-refractivity contribution in [3.8, 4) is 0 Å². The van der Waals surface area contributed by atoms with Crippen molar-refractivity contribution in [2.24, 2.45) is 5.73 Å². The second-order valence-corrected chi connectivity index (χ2v) is 5.27. The molecule has 0 unspecified atom stereocenters. The zero-order valence-corrected chi connectivity index (χ0v) is 10.4. The summed E-state index contributed by atoms with van der Waals surface area (Å²) in [6, 6.07) is 9.48. The van der Waals surface area contributed by atoms with Crippen LogP contribution in [0.4, 0.5) is 0 Å². The minimum Gasteiger partial charge on any atom is -0.328 e. The molecule has 1 aromatic carbocycles. The van der Waals surface area contributed by atoms with E-state index in [0.29, 0.717) is 11.5 Å². The van der Waals surface area contributed by atoms with Crippen LogP contribution in [-0.2, 0) is 11.8 Å². The van der Waals surface area contributed by atoms with Crippen molar-refractivity contribution in [1.82, 2.24) is 0 Å². The summed E-state index contributed by atoms with van der Waals surface area (Å²) in [7, 11) is 0. The lowest BCUT2D eigenvalue weighted by atomic mass is 9.69. The van der Waals surface area contributed by atoms with E-state index in [1.54, 1.807) is 11.1 Å². The molecular weight excluding hydrogens is 218 g/mol. The number of rotatable bonds is 0. The average Bonchev–Trinajstić information content (AvgIpc) is 2.63. The Labute approximate surface area is 104 Å². The fourth-order valence-electron chi connectivity index (χ4n) is 3.48. The zero-order valence-electron chi connectivity index (χ0n) is 9.61. The van der Waals surface area contributed by atoms with Gasteiger partial charge < -0.3 is 5.73 Å². The lowest BCUT2D eigenvalue weighted by Gasteiger charge is -2.37. The molecule has 2 N–H and O–H groups in total. The molecule has 0 heterocycles. The average molecular weight is 238 g/mol. The SMILES string of the molecule is Cl.NC1CCC2(CCc3ccccc32)CC1. The Morgan fingerprint density at radius 1 is 1.06 bits per heavy atom. The van der Waals surface area contributed by atoms with E-state index in [-0.39, 0.29) is 12.4 Å². The highest BCUT2D eigenvalue weighted by Crippen LogP contribution is 2.48. The van der Waals surface area contributed by atoms with E-state index in [9.17, 15) is 0 Å². The summed E-state index contributed by atoms with van der Waals surface area (Å²) in [6.45, 7) is 0. The first-order chi connectivity index (χ1) is 7.30. The molecule has 88 valence electrons. The van der Waals surface area contributed by atoms with Gasteiger partial charge in [-0.2, -0.15) is 0 Å². The van der Waals surface area contributed by atoms with E-state index in [1.807, 2.05) is 0 Å². The van der Waals surface area contributed by atoms with Gasteiger partial charge in [0.1, 0.15) is 0 Å². The van der Waals surface area contributed by atoms with Gasteiger partial charge in [-0.05, 0) is 55.1 Å². The standard InChI is InChI=1S/C14H19N.ClH/c15-12-6-9-14(10-7-12)8-5-11-3-1-2-4-13(11)14;/h1-4,12H,5-10,15H2;1H.